The predicted octanol–water partition coefficient (Wildman–Crippen LogP) is 8.29. The molecule has 2 heterocycles. The van der Waals surface area contributed by atoms with Crippen molar-refractivity contribution < 1.29 is 33.3 Å². The summed E-state index contributed by atoms with van der Waals surface area (Å²) in [6.45, 7) is 28.8. The van der Waals surface area contributed by atoms with Crippen LogP contribution in [0.25, 0.3) is 0 Å². The summed E-state index contributed by atoms with van der Waals surface area (Å²) in [5.74, 6) is -1.14. The number of ether oxygens (including phenoxy) is 4. The van der Waals surface area contributed by atoms with E-state index >= 15 is 0 Å². The summed E-state index contributed by atoms with van der Waals surface area (Å²) in [5, 5.41) is 12.0. The molecular formula is C35H67NO7Si. The van der Waals surface area contributed by atoms with Crippen LogP contribution in [0.4, 0.5) is 4.79 Å². The Morgan fingerprint density at radius 3 is 2.25 bits per heavy atom. The summed E-state index contributed by atoms with van der Waals surface area (Å²) in [6, 6.07) is 0.0575. The SMILES string of the molecule is CC(C)N(C(=O)O/C=C/[C@H](C)[C@H](O)[C@H](CCC1CCCCO1)[C@H]1OC(C)(C)O[C@H](CCO[Si](C)(C)C(C)(C)C)[C@@H]1C)C(C)C. The molecule has 8 nitrogen and oxygen atoms in total. The molecule has 0 saturated carbocycles. The number of nitrogens with zero attached hydrogens (tertiary/aromatic N) is 1. The monoisotopic (exact) mass is 641 g/mol. The average molecular weight is 642 g/mol. The number of rotatable bonds is 14. The molecule has 7 atom stereocenters. The number of carbonyl (C=O) groups is 1. The van der Waals surface area contributed by atoms with E-state index in [-0.39, 0.29) is 59.3 Å². The summed E-state index contributed by atoms with van der Waals surface area (Å²) in [5.41, 5.74) is 0. The van der Waals surface area contributed by atoms with E-state index in [9.17, 15) is 9.90 Å². The Balaban J connectivity index is 2.22. The van der Waals surface area contributed by atoms with E-state index in [2.05, 4.69) is 40.8 Å². The Morgan fingerprint density at radius 2 is 1.70 bits per heavy atom. The molecule has 0 spiro atoms. The van der Waals surface area contributed by atoms with E-state index in [0.717, 1.165) is 38.7 Å². The first-order valence-electron chi connectivity index (χ1n) is 17.2. The Bertz CT molecular complexity index is 886. The maximum absolute atomic E-state index is 12.7. The van der Waals surface area contributed by atoms with E-state index in [0.29, 0.717) is 6.61 Å². The van der Waals surface area contributed by atoms with Gasteiger partial charge in [-0.15, -0.1) is 0 Å². The lowest BCUT2D eigenvalue weighted by atomic mass is 9.76. The van der Waals surface area contributed by atoms with Gasteiger partial charge in [0.1, 0.15) is 0 Å². The second kappa shape index (κ2) is 16.7. The fourth-order valence-corrected chi connectivity index (χ4v) is 7.40. The Morgan fingerprint density at radius 1 is 1.07 bits per heavy atom. The average Bonchev–Trinajstić information content (AvgIpc) is 2.90. The standard InChI is InChI=1S/C35H67NO7Si/c1-24(2)36(25(3)4)33(38)40-22-19-26(5)31(37)29(18-17-28-16-14-15-21-39-28)32-27(6)30(42-35(10,11)43-32)20-23-41-44(12,13)34(7,8)9/h19,22,24-32,37H,14-18,20-21,23H2,1-13H3/b22-19+/t26-,27-,28?,29-,30+,31-,32-/m0/s1. The zero-order chi connectivity index (χ0) is 33.5. The maximum atomic E-state index is 12.7. The summed E-state index contributed by atoms with van der Waals surface area (Å²) in [6.07, 6.45) is 7.86. The molecule has 0 aliphatic carbocycles. The highest BCUT2D eigenvalue weighted by atomic mass is 28.4. The third-order valence-corrected chi connectivity index (χ3v) is 14.5. The molecule has 0 bridgehead atoms. The first-order chi connectivity index (χ1) is 20.3. The molecular weight excluding hydrogens is 574 g/mol. The van der Waals surface area contributed by atoms with Crippen LogP contribution < -0.4 is 0 Å². The number of carbonyl (C=O) groups excluding carboxylic acids is 1. The lowest BCUT2D eigenvalue weighted by Gasteiger charge is -2.49. The van der Waals surface area contributed by atoms with Crippen molar-refractivity contribution in [2.75, 3.05) is 13.2 Å². The van der Waals surface area contributed by atoms with Crippen molar-refractivity contribution in [2.24, 2.45) is 17.8 Å². The first-order valence-corrected chi connectivity index (χ1v) is 20.1. The molecule has 258 valence electrons. The molecule has 0 aromatic carbocycles. The molecule has 0 aromatic heterocycles. The quantitative estimate of drug-likeness (QED) is 0.151. The molecule has 2 saturated heterocycles. The number of amides is 1. The second-order valence-electron chi connectivity index (χ2n) is 15.8. The molecule has 44 heavy (non-hydrogen) atoms. The Labute approximate surface area is 270 Å². The Hall–Kier alpha value is -0.973. The number of hydrogen-bond acceptors (Lipinski definition) is 7. The van der Waals surface area contributed by atoms with Crippen molar-refractivity contribution in [3.8, 4) is 0 Å². The van der Waals surface area contributed by atoms with Crippen molar-refractivity contribution in [2.45, 2.75) is 175 Å². The lowest BCUT2D eigenvalue weighted by molar-refractivity contribution is -0.333. The lowest BCUT2D eigenvalue weighted by Crippen LogP contribution is -2.55. The zero-order valence-electron chi connectivity index (χ0n) is 30.4. The van der Waals surface area contributed by atoms with Gasteiger partial charge >= 0.3 is 6.09 Å². The predicted molar refractivity (Wildman–Crippen MR) is 180 cm³/mol. The minimum absolute atomic E-state index is 0.0287. The van der Waals surface area contributed by atoms with Crippen molar-refractivity contribution in [3.05, 3.63) is 12.3 Å². The van der Waals surface area contributed by atoms with E-state index in [1.807, 2.05) is 48.5 Å². The van der Waals surface area contributed by atoms with E-state index in [1.165, 1.54) is 12.7 Å². The van der Waals surface area contributed by atoms with Crippen molar-refractivity contribution >= 4 is 14.4 Å². The third kappa shape index (κ3) is 11.4. The summed E-state index contributed by atoms with van der Waals surface area (Å²) in [4.78, 5) is 14.4. The topological polar surface area (TPSA) is 86.7 Å². The number of aliphatic hydroxyl groups is 1. The molecule has 2 fully saturated rings. The van der Waals surface area contributed by atoms with Crippen LogP contribution in [0.3, 0.4) is 0 Å². The van der Waals surface area contributed by atoms with Crippen LogP contribution >= 0.6 is 0 Å². The highest BCUT2D eigenvalue weighted by Gasteiger charge is 2.47. The highest BCUT2D eigenvalue weighted by Crippen LogP contribution is 2.41. The highest BCUT2D eigenvalue weighted by molar-refractivity contribution is 6.74. The molecule has 0 radical (unpaired) electrons. The van der Waals surface area contributed by atoms with Gasteiger partial charge in [-0.3, -0.25) is 0 Å². The van der Waals surface area contributed by atoms with Gasteiger partial charge < -0.3 is 33.4 Å². The minimum Gasteiger partial charge on any atom is -0.418 e. The number of aliphatic hydroxyl groups excluding tert-OH is 1. The van der Waals surface area contributed by atoms with Gasteiger partial charge in [0.25, 0.3) is 0 Å². The van der Waals surface area contributed by atoms with Crippen molar-refractivity contribution in [3.63, 3.8) is 0 Å². The molecule has 2 aliphatic rings. The van der Waals surface area contributed by atoms with Gasteiger partial charge in [0, 0.05) is 43.1 Å². The number of hydrogen-bond donors (Lipinski definition) is 1. The molecule has 1 amide bonds. The summed E-state index contributed by atoms with van der Waals surface area (Å²) >= 11 is 0. The van der Waals surface area contributed by atoms with Gasteiger partial charge in [0.2, 0.25) is 0 Å². The fourth-order valence-electron chi connectivity index (χ4n) is 6.34. The van der Waals surface area contributed by atoms with Crippen LogP contribution in [0.5, 0.6) is 0 Å². The van der Waals surface area contributed by atoms with Crippen LogP contribution in [-0.4, -0.2) is 79.9 Å². The third-order valence-electron chi connectivity index (χ3n) is 10.0. The normalized spacial score (nSPS) is 27.0. The maximum Gasteiger partial charge on any atom is 0.415 e. The van der Waals surface area contributed by atoms with Gasteiger partial charge in [0.15, 0.2) is 14.1 Å². The molecule has 2 rings (SSSR count). The van der Waals surface area contributed by atoms with Gasteiger partial charge in [0.05, 0.1) is 30.7 Å². The molecule has 0 aromatic rings. The second-order valence-corrected chi connectivity index (χ2v) is 20.6. The van der Waals surface area contributed by atoms with E-state index < -0.39 is 20.2 Å². The summed E-state index contributed by atoms with van der Waals surface area (Å²) in [7, 11) is -1.88. The van der Waals surface area contributed by atoms with Crippen LogP contribution in [0.15, 0.2) is 12.3 Å². The van der Waals surface area contributed by atoms with Gasteiger partial charge in [-0.25, -0.2) is 4.79 Å². The first kappa shape index (κ1) is 39.2. The zero-order valence-corrected chi connectivity index (χ0v) is 31.4. The van der Waals surface area contributed by atoms with Crippen LogP contribution in [-0.2, 0) is 23.4 Å². The molecule has 1 unspecified atom stereocenters. The molecule has 1 N–H and O–H groups in total. The van der Waals surface area contributed by atoms with Crippen LogP contribution in [0.2, 0.25) is 18.1 Å². The van der Waals surface area contributed by atoms with E-state index in [1.54, 1.807) is 11.0 Å². The van der Waals surface area contributed by atoms with Crippen molar-refractivity contribution in [1.82, 2.24) is 4.90 Å². The van der Waals surface area contributed by atoms with Crippen molar-refractivity contribution in [1.29, 1.82) is 0 Å². The van der Waals surface area contributed by atoms with Gasteiger partial charge in [-0.05, 0) is 104 Å². The fraction of sp³-hybridized carbons (Fsp3) is 0.914. The van der Waals surface area contributed by atoms with Crippen LogP contribution in [0, 0.1) is 17.8 Å². The van der Waals surface area contributed by atoms with E-state index in [4.69, 9.17) is 23.4 Å². The summed E-state index contributed by atoms with van der Waals surface area (Å²) < 4.78 is 31.2. The van der Waals surface area contributed by atoms with Crippen LogP contribution in [0.1, 0.15) is 115 Å². The molecule has 9 heteroatoms. The Kier molecular flexibility index (Phi) is 14.9. The minimum atomic E-state index is -1.88. The van der Waals surface area contributed by atoms with Gasteiger partial charge in [-0.1, -0.05) is 34.6 Å². The smallest absolute Gasteiger partial charge is 0.415 e. The largest absolute Gasteiger partial charge is 0.418 e. The van der Waals surface area contributed by atoms with Gasteiger partial charge in [-0.2, -0.15) is 0 Å². The molecule has 2 aliphatic heterocycles.